The van der Waals surface area contributed by atoms with Crippen molar-refractivity contribution in [2.45, 2.75) is 126 Å². The van der Waals surface area contributed by atoms with Crippen molar-refractivity contribution >= 4 is 62.7 Å². The number of carbonyl (C=O) groups is 4. The molecular formula is C59H64F2N10O8. The van der Waals surface area contributed by atoms with E-state index in [0.29, 0.717) is 97.6 Å². The lowest BCUT2D eigenvalue weighted by atomic mass is 9.95. The lowest BCUT2D eigenvalue weighted by Gasteiger charge is -2.38. The monoisotopic (exact) mass is 1080 g/mol. The van der Waals surface area contributed by atoms with Crippen LogP contribution in [0.1, 0.15) is 104 Å². The fourth-order valence-corrected chi connectivity index (χ4v) is 14.0. The van der Waals surface area contributed by atoms with Crippen molar-refractivity contribution in [2.24, 2.45) is 0 Å². The molecule has 10 heterocycles. The first-order chi connectivity index (χ1) is 38.4. The van der Waals surface area contributed by atoms with Gasteiger partial charge >= 0.3 is 12.1 Å². The number of aromatic nitrogens is 3. The van der Waals surface area contributed by atoms with Crippen LogP contribution in [0.2, 0.25) is 0 Å². The first-order valence-corrected chi connectivity index (χ1v) is 28.1. The van der Waals surface area contributed by atoms with Crippen molar-refractivity contribution in [2.75, 3.05) is 81.2 Å². The van der Waals surface area contributed by atoms with Crippen LogP contribution in [0.5, 0.6) is 6.01 Å². The molecule has 6 saturated heterocycles. The Morgan fingerprint density at radius 2 is 1.68 bits per heavy atom. The number of nitrogens with zero attached hydrogens (tertiary/aromatic N) is 8. The average Bonchev–Trinajstić information content (AvgIpc) is 4.26. The number of halogens is 2. The van der Waals surface area contributed by atoms with E-state index in [1.165, 1.54) is 6.07 Å². The van der Waals surface area contributed by atoms with E-state index in [0.717, 1.165) is 88.7 Å². The minimum Gasteiger partial charge on any atom is -0.461 e. The van der Waals surface area contributed by atoms with Crippen LogP contribution in [-0.4, -0.2) is 155 Å². The SMILES string of the molecule is C#Cc1c(F)ccc2cc(N)cc(-c3nc4c5c(nc(OC[C@@]67CCCN6[C@H](COC(=O)N6CCC(OC8CCN(c9ccc%10c(c9)CN(C9CCC(=O)NC9=O)C%10=O)CC8)CC6)CC7)nc5c3F)N3CCCOC[C@@H]3CC4)c12. The number of fused-ring (bicyclic) bond motifs is 5. The third-order valence-electron chi connectivity index (χ3n) is 18.0. The third-order valence-corrected chi connectivity index (χ3v) is 18.0. The summed E-state index contributed by atoms with van der Waals surface area (Å²) in [4.78, 5) is 76.2. The number of hydrogen-bond donors (Lipinski definition) is 2. The lowest BCUT2D eigenvalue weighted by Crippen LogP contribution is -2.52. The van der Waals surface area contributed by atoms with Crippen LogP contribution >= 0.6 is 0 Å². The summed E-state index contributed by atoms with van der Waals surface area (Å²) in [5.74, 6) is 0.830. The van der Waals surface area contributed by atoms with Gasteiger partial charge in [-0.25, -0.2) is 18.6 Å². The molecule has 5 aromatic rings. The summed E-state index contributed by atoms with van der Waals surface area (Å²) < 4.78 is 58.2. The Balaban J connectivity index is 0.632. The van der Waals surface area contributed by atoms with Crippen molar-refractivity contribution < 1.29 is 46.9 Å². The summed E-state index contributed by atoms with van der Waals surface area (Å²) in [5.41, 5.74) is 9.86. The van der Waals surface area contributed by atoms with Crippen molar-refractivity contribution in [1.29, 1.82) is 0 Å². The van der Waals surface area contributed by atoms with E-state index in [1.54, 1.807) is 28.0 Å². The quantitative estimate of drug-likeness (QED) is 0.0856. The summed E-state index contributed by atoms with van der Waals surface area (Å²) in [5, 5.41) is 3.80. The van der Waals surface area contributed by atoms with Gasteiger partial charge in [0.2, 0.25) is 11.8 Å². The average molecular weight is 1080 g/mol. The largest absolute Gasteiger partial charge is 0.461 e. The number of aryl methyl sites for hydroxylation is 1. The summed E-state index contributed by atoms with van der Waals surface area (Å²) in [7, 11) is 0. The molecule has 0 spiro atoms. The number of piperidine rings is 3. The number of carbonyl (C=O) groups excluding carboxylic acids is 4. The first-order valence-electron chi connectivity index (χ1n) is 28.1. The highest BCUT2D eigenvalue weighted by Crippen LogP contribution is 2.45. The maximum absolute atomic E-state index is 17.5. The van der Waals surface area contributed by atoms with Gasteiger partial charge in [-0.1, -0.05) is 12.0 Å². The molecule has 1 unspecified atom stereocenters. The normalized spacial score (nSPS) is 24.8. The van der Waals surface area contributed by atoms with Crippen LogP contribution in [0.25, 0.3) is 32.9 Å². The Morgan fingerprint density at radius 1 is 0.861 bits per heavy atom. The van der Waals surface area contributed by atoms with E-state index in [9.17, 15) is 19.2 Å². The first kappa shape index (κ1) is 51.2. The standard InChI is InChI=1S/C59H64F2N10O8/c1-2-42-45(60)9-5-34-27-36(62)29-44(49(34)42)52-51(61)53-50-46(63-52)10-7-38-31-76-26-4-20-69(38)54(50)66-57(65-53)78-33-59-18-3-21-71(59)39(13-19-59)32-77-58(75)68-24-16-41(17-25-68)79-40-14-22-67(23-15-40)37-6-8-43-35(28-37)30-70(56(43)74)47-11-12-48(72)64-55(47)73/h1,5-6,8-9,27-29,38-41,47H,3-4,7,10-26,30-33,62H2,(H,64,72,73)/t38-,39-,47?,59-/m0/s1. The lowest BCUT2D eigenvalue weighted by molar-refractivity contribution is -0.136. The second kappa shape index (κ2) is 20.8. The molecule has 3 N–H and O–H groups in total. The molecule has 412 valence electrons. The Hall–Kier alpha value is -7.21. The number of nitrogens with two attached hydrogens (primary N) is 1. The number of ether oxygens (including phenoxy) is 4. The minimum absolute atomic E-state index is 0.00111. The van der Waals surface area contributed by atoms with Crippen LogP contribution in [0, 0.1) is 24.0 Å². The van der Waals surface area contributed by atoms with Gasteiger partial charge in [0.15, 0.2) is 5.82 Å². The van der Waals surface area contributed by atoms with E-state index >= 15 is 8.78 Å². The molecule has 8 aliphatic heterocycles. The van der Waals surface area contributed by atoms with Gasteiger partial charge < -0.3 is 44.3 Å². The molecule has 0 radical (unpaired) electrons. The molecule has 0 saturated carbocycles. The number of nitrogen functional groups attached to an aromatic ring is 1. The van der Waals surface area contributed by atoms with Gasteiger partial charge in [0.25, 0.3) is 5.91 Å². The molecule has 4 amide bonds. The highest BCUT2D eigenvalue weighted by atomic mass is 19.1. The minimum atomic E-state index is -0.703. The molecule has 4 atom stereocenters. The Bertz CT molecular complexity index is 3340. The number of imide groups is 1. The van der Waals surface area contributed by atoms with Gasteiger partial charge in [0.05, 0.1) is 47.0 Å². The van der Waals surface area contributed by atoms with Crippen LogP contribution in [0.15, 0.2) is 42.5 Å². The molecule has 2 aromatic heterocycles. The summed E-state index contributed by atoms with van der Waals surface area (Å²) >= 11 is 0. The van der Waals surface area contributed by atoms with E-state index in [2.05, 4.69) is 32.0 Å². The third kappa shape index (κ3) is 9.40. The van der Waals surface area contributed by atoms with Gasteiger partial charge in [-0.2, -0.15) is 9.97 Å². The predicted octanol–water partition coefficient (Wildman–Crippen LogP) is 6.65. The highest BCUT2D eigenvalue weighted by Gasteiger charge is 2.50. The number of amides is 4. The van der Waals surface area contributed by atoms with Gasteiger partial charge in [0.1, 0.15) is 42.1 Å². The number of benzene rings is 3. The molecule has 0 aliphatic carbocycles. The van der Waals surface area contributed by atoms with E-state index in [-0.39, 0.29) is 95.7 Å². The van der Waals surface area contributed by atoms with Gasteiger partial charge in [0, 0.05) is 86.2 Å². The van der Waals surface area contributed by atoms with Crippen molar-refractivity contribution in [1.82, 2.24) is 35.0 Å². The number of anilines is 3. The van der Waals surface area contributed by atoms with Gasteiger partial charge in [-0.05, 0) is 131 Å². The van der Waals surface area contributed by atoms with Crippen LogP contribution in [0.3, 0.4) is 0 Å². The number of pyridine rings is 1. The number of terminal acetylenes is 1. The number of hydrogen-bond acceptors (Lipinski definition) is 15. The number of likely N-dealkylation sites (tertiary alicyclic amines) is 1. The molecule has 3 aromatic carbocycles. The van der Waals surface area contributed by atoms with Crippen LogP contribution < -0.4 is 25.6 Å². The Morgan fingerprint density at radius 3 is 2.49 bits per heavy atom. The van der Waals surface area contributed by atoms with Crippen LogP contribution in [-0.2, 0) is 36.8 Å². The number of nitrogens with one attached hydrogen (secondary N) is 1. The molecule has 18 nitrogen and oxygen atoms in total. The van der Waals surface area contributed by atoms with E-state index in [4.69, 9.17) is 46.1 Å². The molecule has 8 aliphatic rings. The number of rotatable bonds is 10. The van der Waals surface area contributed by atoms with Crippen molar-refractivity contribution in [3.8, 4) is 29.6 Å². The molecular weight excluding hydrogens is 1010 g/mol. The molecule has 79 heavy (non-hydrogen) atoms. The maximum Gasteiger partial charge on any atom is 0.409 e. The van der Waals surface area contributed by atoms with Gasteiger partial charge in [-0.3, -0.25) is 24.6 Å². The fourth-order valence-electron chi connectivity index (χ4n) is 14.0. The molecule has 13 rings (SSSR count). The zero-order valence-electron chi connectivity index (χ0n) is 44.2. The Labute approximate surface area is 456 Å². The molecule has 0 bridgehead atoms. The highest BCUT2D eigenvalue weighted by molar-refractivity contribution is 6.06. The zero-order chi connectivity index (χ0) is 54.1. The van der Waals surface area contributed by atoms with Gasteiger partial charge in [-0.15, -0.1) is 6.42 Å². The van der Waals surface area contributed by atoms with E-state index in [1.807, 2.05) is 12.1 Å². The molecule has 20 heteroatoms. The smallest absolute Gasteiger partial charge is 0.409 e. The summed E-state index contributed by atoms with van der Waals surface area (Å²) in [6.07, 6.45) is 14.8. The van der Waals surface area contributed by atoms with Crippen molar-refractivity contribution in [3.63, 3.8) is 0 Å². The molecule has 6 fully saturated rings. The van der Waals surface area contributed by atoms with Crippen molar-refractivity contribution in [3.05, 3.63) is 76.5 Å². The summed E-state index contributed by atoms with van der Waals surface area (Å²) in [6, 6.07) is 11.4. The van der Waals surface area contributed by atoms with E-state index < -0.39 is 23.6 Å². The zero-order valence-corrected chi connectivity index (χ0v) is 44.2. The fraction of sp³-hybridized carbons (Fsp3) is 0.508. The Kier molecular flexibility index (Phi) is 13.5. The maximum atomic E-state index is 17.5. The summed E-state index contributed by atoms with van der Waals surface area (Å²) in [6.45, 7) is 6.16. The van der Waals surface area contributed by atoms with Crippen LogP contribution in [0.4, 0.5) is 30.8 Å². The second-order valence-electron chi connectivity index (χ2n) is 22.7. The topological polar surface area (TPSA) is 198 Å². The second-order valence-corrected chi connectivity index (χ2v) is 22.7. The predicted molar refractivity (Wildman–Crippen MR) is 289 cm³/mol.